The predicted octanol–water partition coefficient (Wildman–Crippen LogP) is 1.15. The van der Waals surface area contributed by atoms with Gasteiger partial charge in [-0.1, -0.05) is 0 Å². The normalized spacial score (nSPS) is 10.9. The molecule has 2 amide bonds. The minimum absolute atomic E-state index is 0.271. The number of urea groups is 1. The van der Waals surface area contributed by atoms with Crippen molar-refractivity contribution in [2.45, 2.75) is 26.8 Å². The first kappa shape index (κ1) is 14.9. The number of amides is 2. The standard InChI is InChI=1S/C14H18N8O/c1-10-17-11(2)22(20-10)8-4-6-15-14(23)18-12-5-3-7-21-9-16-19-13(12)21/h3,5,7,9H,4,6,8H2,1-2H3,(H2,15,18,23). The van der Waals surface area contributed by atoms with E-state index in [1.165, 1.54) is 0 Å². The second-order valence-electron chi connectivity index (χ2n) is 5.15. The Morgan fingerprint density at radius 1 is 1.35 bits per heavy atom. The van der Waals surface area contributed by atoms with Crippen molar-refractivity contribution in [2.75, 3.05) is 11.9 Å². The minimum atomic E-state index is -0.271. The van der Waals surface area contributed by atoms with Crippen LogP contribution in [-0.2, 0) is 6.54 Å². The second-order valence-corrected chi connectivity index (χ2v) is 5.15. The number of anilines is 1. The number of carbonyl (C=O) groups excluding carboxylic acids is 1. The molecule has 3 heterocycles. The largest absolute Gasteiger partial charge is 0.338 e. The van der Waals surface area contributed by atoms with Crippen molar-refractivity contribution in [3.8, 4) is 0 Å². The molecule has 23 heavy (non-hydrogen) atoms. The van der Waals surface area contributed by atoms with Crippen LogP contribution in [0.15, 0.2) is 24.7 Å². The van der Waals surface area contributed by atoms with Crippen LogP contribution in [0, 0.1) is 13.8 Å². The van der Waals surface area contributed by atoms with Crippen LogP contribution in [0.4, 0.5) is 10.5 Å². The Balaban J connectivity index is 1.48. The molecule has 0 unspecified atom stereocenters. The van der Waals surface area contributed by atoms with Crippen molar-refractivity contribution < 1.29 is 4.79 Å². The zero-order valence-corrected chi connectivity index (χ0v) is 13.0. The lowest BCUT2D eigenvalue weighted by molar-refractivity contribution is 0.251. The Hall–Kier alpha value is -2.97. The van der Waals surface area contributed by atoms with Crippen LogP contribution >= 0.6 is 0 Å². The van der Waals surface area contributed by atoms with Crippen LogP contribution in [0.5, 0.6) is 0 Å². The highest BCUT2D eigenvalue weighted by Gasteiger charge is 2.07. The summed E-state index contributed by atoms with van der Waals surface area (Å²) in [6.07, 6.45) is 4.17. The van der Waals surface area contributed by atoms with Crippen molar-refractivity contribution in [2.24, 2.45) is 0 Å². The average molecular weight is 314 g/mol. The Labute approximate surface area is 132 Å². The van der Waals surface area contributed by atoms with Crippen LogP contribution in [-0.4, -0.2) is 41.9 Å². The number of hydrogen-bond acceptors (Lipinski definition) is 5. The van der Waals surface area contributed by atoms with E-state index >= 15 is 0 Å². The molecule has 0 saturated heterocycles. The van der Waals surface area contributed by atoms with Crippen molar-refractivity contribution in [1.29, 1.82) is 0 Å². The summed E-state index contributed by atoms with van der Waals surface area (Å²) < 4.78 is 3.58. The summed E-state index contributed by atoms with van der Waals surface area (Å²) in [5, 5.41) is 17.7. The van der Waals surface area contributed by atoms with E-state index in [1.54, 1.807) is 16.8 Å². The summed E-state index contributed by atoms with van der Waals surface area (Å²) in [4.78, 5) is 16.2. The number of hydrogen-bond donors (Lipinski definition) is 2. The molecule has 120 valence electrons. The van der Waals surface area contributed by atoms with Crippen molar-refractivity contribution in [3.63, 3.8) is 0 Å². The molecular weight excluding hydrogens is 296 g/mol. The van der Waals surface area contributed by atoms with Gasteiger partial charge in [-0.25, -0.2) is 9.78 Å². The highest BCUT2D eigenvalue weighted by atomic mass is 16.2. The van der Waals surface area contributed by atoms with Gasteiger partial charge in [-0.3, -0.25) is 9.08 Å². The number of rotatable bonds is 5. The summed E-state index contributed by atoms with van der Waals surface area (Å²) >= 11 is 0. The molecule has 9 nitrogen and oxygen atoms in total. The average Bonchev–Trinajstić information content (AvgIpc) is 3.11. The van der Waals surface area contributed by atoms with Gasteiger partial charge < -0.3 is 10.6 Å². The molecule has 0 saturated carbocycles. The fourth-order valence-corrected chi connectivity index (χ4v) is 2.32. The zero-order valence-electron chi connectivity index (χ0n) is 13.0. The van der Waals surface area contributed by atoms with E-state index in [-0.39, 0.29) is 6.03 Å². The molecule has 3 aromatic heterocycles. The molecule has 3 aromatic rings. The monoisotopic (exact) mass is 314 g/mol. The quantitative estimate of drug-likeness (QED) is 0.688. The fourth-order valence-electron chi connectivity index (χ4n) is 2.32. The van der Waals surface area contributed by atoms with Crippen molar-refractivity contribution in [1.82, 2.24) is 34.7 Å². The van der Waals surface area contributed by atoms with Gasteiger partial charge in [0.15, 0.2) is 5.65 Å². The number of pyridine rings is 1. The molecule has 0 aromatic carbocycles. The molecule has 0 radical (unpaired) electrons. The zero-order chi connectivity index (χ0) is 16.2. The molecule has 0 aliphatic carbocycles. The van der Waals surface area contributed by atoms with E-state index in [4.69, 9.17) is 0 Å². The highest BCUT2D eigenvalue weighted by Crippen LogP contribution is 2.12. The molecule has 0 bridgehead atoms. The SMILES string of the molecule is Cc1nc(C)n(CCCNC(=O)Nc2cccn3cnnc23)n1. The minimum Gasteiger partial charge on any atom is -0.338 e. The van der Waals surface area contributed by atoms with Gasteiger partial charge in [0.05, 0.1) is 5.69 Å². The fraction of sp³-hybridized carbons (Fsp3) is 0.357. The first-order valence-corrected chi connectivity index (χ1v) is 7.35. The summed E-state index contributed by atoms with van der Waals surface area (Å²) in [5.41, 5.74) is 1.22. The molecule has 9 heteroatoms. The molecule has 0 spiro atoms. The van der Waals surface area contributed by atoms with Crippen molar-refractivity contribution >= 4 is 17.4 Å². The number of aromatic nitrogens is 6. The first-order valence-electron chi connectivity index (χ1n) is 7.35. The third-order valence-electron chi connectivity index (χ3n) is 3.37. The maximum Gasteiger partial charge on any atom is 0.319 e. The number of nitrogens with zero attached hydrogens (tertiary/aromatic N) is 6. The van der Waals surface area contributed by atoms with Crippen LogP contribution < -0.4 is 10.6 Å². The summed E-state index contributed by atoms with van der Waals surface area (Å²) in [7, 11) is 0. The van der Waals surface area contributed by atoms with Gasteiger partial charge in [0.25, 0.3) is 0 Å². The smallest absolute Gasteiger partial charge is 0.319 e. The Morgan fingerprint density at radius 3 is 3.00 bits per heavy atom. The van der Waals surface area contributed by atoms with Crippen LogP contribution in [0.2, 0.25) is 0 Å². The van der Waals surface area contributed by atoms with E-state index in [2.05, 4.69) is 30.9 Å². The summed E-state index contributed by atoms with van der Waals surface area (Å²) in [6, 6.07) is 3.33. The van der Waals surface area contributed by atoms with Gasteiger partial charge in [-0.05, 0) is 32.4 Å². The highest BCUT2D eigenvalue weighted by molar-refractivity contribution is 5.92. The number of aryl methyl sites for hydroxylation is 3. The van der Waals surface area contributed by atoms with Crippen LogP contribution in [0.3, 0.4) is 0 Å². The lowest BCUT2D eigenvalue weighted by Crippen LogP contribution is -2.30. The van der Waals surface area contributed by atoms with Crippen LogP contribution in [0.1, 0.15) is 18.1 Å². The lowest BCUT2D eigenvalue weighted by Gasteiger charge is -2.08. The first-order chi connectivity index (χ1) is 11.1. The van der Waals surface area contributed by atoms with E-state index in [0.29, 0.717) is 24.4 Å². The number of carbonyl (C=O) groups is 1. The number of fused-ring (bicyclic) bond motifs is 1. The number of nitrogens with one attached hydrogen (secondary N) is 2. The van der Waals surface area contributed by atoms with E-state index in [9.17, 15) is 4.79 Å². The summed E-state index contributed by atoms with van der Waals surface area (Å²) in [5.74, 6) is 1.64. The topological polar surface area (TPSA) is 102 Å². The van der Waals surface area contributed by atoms with Gasteiger partial charge in [0.2, 0.25) is 0 Å². The molecule has 3 rings (SSSR count). The van der Waals surface area contributed by atoms with Gasteiger partial charge in [-0.2, -0.15) is 5.10 Å². The third-order valence-corrected chi connectivity index (χ3v) is 3.37. The molecule has 0 aliphatic heterocycles. The van der Waals surface area contributed by atoms with Crippen LogP contribution in [0.25, 0.3) is 5.65 Å². The van der Waals surface area contributed by atoms with Gasteiger partial charge >= 0.3 is 6.03 Å². The Morgan fingerprint density at radius 2 is 2.22 bits per heavy atom. The Bertz CT molecular complexity index is 821. The maximum atomic E-state index is 11.9. The van der Waals surface area contributed by atoms with E-state index in [0.717, 1.165) is 18.1 Å². The Kier molecular flexibility index (Phi) is 4.18. The van der Waals surface area contributed by atoms with Gasteiger partial charge in [-0.15, -0.1) is 10.2 Å². The molecule has 0 fully saturated rings. The van der Waals surface area contributed by atoms with E-state index in [1.807, 2.05) is 30.8 Å². The second kappa shape index (κ2) is 6.42. The lowest BCUT2D eigenvalue weighted by atomic mass is 10.4. The molecule has 0 atom stereocenters. The third kappa shape index (κ3) is 3.44. The van der Waals surface area contributed by atoms with Gasteiger partial charge in [0, 0.05) is 19.3 Å². The molecule has 0 aliphatic rings. The molecular formula is C14H18N8O. The summed E-state index contributed by atoms with van der Waals surface area (Å²) in [6.45, 7) is 5.03. The molecule has 2 N–H and O–H groups in total. The van der Waals surface area contributed by atoms with E-state index < -0.39 is 0 Å². The maximum absolute atomic E-state index is 11.9. The van der Waals surface area contributed by atoms with Gasteiger partial charge in [0.1, 0.15) is 18.0 Å². The predicted molar refractivity (Wildman–Crippen MR) is 84.1 cm³/mol. The van der Waals surface area contributed by atoms with Crippen molar-refractivity contribution in [3.05, 3.63) is 36.3 Å².